The van der Waals surface area contributed by atoms with Crippen LogP contribution in [0.15, 0.2) is 24.3 Å². The van der Waals surface area contributed by atoms with E-state index in [0.717, 1.165) is 24.2 Å². The molecule has 0 radical (unpaired) electrons. The van der Waals surface area contributed by atoms with Gasteiger partial charge in [-0.1, -0.05) is 12.1 Å². The Morgan fingerprint density at radius 2 is 2.23 bits per heavy atom. The van der Waals surface area contributed by atoms with Gasteiger partial charge in [-0.25, -0.2) is 13.6 Å². The summed E-state index contributed by atoms with van der Waals surface area (Å²) in [7, 11) is -1.89. The zero-order valence-corrected chi connectivity index (χ0v) is 13.5. The van der Waals surface area contributed by atoms with Gasteiger partial charge in [0.25, 0.3) is 0 Å². The van der Waals surface area contributed by atoms with Crippen molar-refractivity contribution in [2.24, 2.45) is 5.14 Å². The average Bonchev–Trinajstić information content (AvgIpc) is 2.95. The van der Waals surface area contributed by atoms with Crippen LogP contribution in [0.3, 0.4) is 0 Å². The van der Waals surface area contributed by atoms with Crippen LogP contribution in [0.4, 0.5) is 0 Å². The smallest absolute Gasteiger partial charge is 0.223 e. The van der Waals surface area contributed by atoms with Crippen molar-refractivity contribution in [2.75, 3.05) is 19.4 Å². The Labute approximate surface area is 131 Å². The molecule has 1 heterocycles. The molecule has 6 nitrogen and oxygen atoms in total. The fourth-order valence-electron chi connectivity index (χ4n) is 2.83. The zero-order valence-electron chi connectivity index (χ0n) is 12.7. The Kier molecular flexibility index (Phi) is 5.42. The van der Waals surface area contributed by atoms with Gasteiger partial charge in [-0.05, 0) is 37.0 Å². The Bertz CT molecular complexity index is 630. The Morgan fingerprint density at radius 1 is 1.45 bits per heavy atom. The van der Waals surface area contributed by atoms with Crippen molar-refractivity contribution in [3.63, 3.8) is 0 Å². The monoisotopic (exact) mass is 326 g/mol. The maximum atomic E-state index is 12.3. The largest absolute Gasteiger partial charge is 0.497 e. The lowest BCUT2D eigenvalue weighted by Crippen LogP contribution is -2.31. The first kappa shape index (κ1) is 16.8. The summed E-state index contributed by atoms with van der Waals surface area (Å²) in [6.07, 6.45) is 2.33. The molecule has 1 aromatic rings. The molecule has 0 aliphatic carbocycles. The molecule has 0 spiro atoms. The molecule has 1 atom stereocenters. The van der Waals surface area contributed by atoms with Crippen LogP contribution < -0.4 is 9.88 Å². The second-order valence-corrected chi connectivity index (χ2v) is 7.23. The fraction of sp³-hybridized carbons (Fsp3) is 0.533. The van der Waals surface area contributed by atoms with Crippen LogP contribution in [0.5, 0.6) is 5.75 Å². The molecular formula is C15H22N2O4S. The summed E-state index contributed by atoms with van der Waals surface area (Å²) in [5, 5.41) is 4.96. The number of primary sulfonamides is 1. The maximum Gasteiger partial charge on any atom is 0.223 e. The molecule has 0 aromatic heterocycles. The zero-order chi connectivity index (χ0) is 16.2. The van der Waals surface area contributed by atoms with E-state index in [9.17, 15) is 13.2 Å². The molecule has 2 N–H and O–H groups in total. The number of rotatable bonds is 6. The summed E-state index contributed by atoms with van der Waals surface area (Å²) in [6, 6.07) is 7.76. The van der Waals surface area contributed by atoms with Crippen LogP contribution in [-0.4, -0.2) is 38.6 Å². The predicted octanol–water partition coefficient (Wildman–Crippen LogP) is 1.43. The number of amides is 1. The molecule has 1 aliphatic heterocycles. The van der Waals surface area contributed by atoms with Gasteiger partial charge >= 0.3 is 0 Å². The average molecular weight is 326 g/mol. The van der Waals surface area contributed by atoms with Crippen molar-refractivity contribution in [2.45, 2.75) is 31.7 Å². The lowest BCUT2D eigenvalue weighted by molar-refractivity contribution is -0.132. The van der Waals surface area contributed by atoms with E-state index >= 15 is 0 Å². The van der Waals surface area contributed by atoms with Crippen molar-refractivity contribution in [1.29, 1.82) is 0 Å². The van der Waals surface area contributed by atoms with E-state index in [2.05, 4.69) is 0 Å². The number of hydrogen-bond donors (Lipinski definition) is 1. The minimum atomic E-state index is -3.51. The van der Waals surface area contributed by atoms with Crippen LogP contribution >= 0.6 is 0 Å². The van der Waals surface area contributed by atoms with E-state index in [4.69, 9.17) is 9.88 Å². The minimum Gasteiger partial charge on any atom is -0.497 e. The molecule has 1 amide bonds. The van der Waals surface area contributed by atoms with Crippen LogP contribution in [-0.2, 0) is 14.8 Å². The minimum absolute atomic E-state index is 0.0195. The van der Waals surface area contributed by atoms with Gasteiger partial charge in [0.1, 0.15) is 5.75 Å². The molecular weight excluding hydrogens is 304 g/mol. The molecule has 1 aromatic carbocycles. The first-order valence-corrected chi connectivity index (χ1v) is 9.06. The van der Waals surface area contributed by atoms with Gasteiger partial charge < -0.3 is 9.64 Å². The van der Waals surface area contributed by atoms with Crippen molar-refractivity contribution < 1.29 is 17.9 Å². The normalized spacial score (nSPS) is 18.5. The molecule has 2 rings (SSSR count). The van der Waals surface area contributed by atoms with Gasteiger partial charge in [0.05, 0.1) is 18.9 Å². The first-order valence-electron chi connectivity index (χ1n) is 7.34. The number of nitrogens with two attached hydrogens (primary N) is 1. The molecule has 1 aliphatic rings. The number of sulfonamides is 1. The maximum absolute atomic E-state index is 12.3. The van der Waals surface area contributed by atoms with Crippen LogP contribution in [0.2, 0.25) is 0 Å². The molecule has 0 unspecified atom stereocenters. The highest BCUT2D eigenvalue weighted by Gasteiger charge is 2.29. The number of hydrogen-bond acceptors (Lipinski definition) is 4. The summed E-state index contributed by atoms with van der Waals surface area (Å²) in [4.78, 5) is 14.2. The molecule has 122 valence electrons. The Morgan fingerprint density at radius 3 is 2.91 bits per heavy atom. The lowest BCUT2D eigenvalue weighted by Gasteiger charge is -2.25. The second-order valence-electron chi connectivity index (χ2n) is 5.49. The van der Waals surface area contributed by atoms with Crippen molar-refractivity contribution in [3.8, 4) is 5.75 Å². The van der Waals surface area contributed by atoms with Crippen LogP contribution in [0.25, 0.3) is 0 Å². The van der Waals surface area contributed by atoms with E-state index in [1.165, 1.54) is 0 Å². The number of nitrogens with zero attached hydrogens (tertiary/aromatic N) is 1. The summed E-state index contributed by atoms with van der Waals surface area (Å²) in [5.41, 5.74) is 1.05. The summed E-state index contributed by atoms with van der Waals surface area (Å²) in [6.45, 7) is 0.704. The quantitative estimate of drug-likeness (QED) is 0.856. The SMILES string of the molecule is COc1cccc([C@@H]2CCCN2C(=O)CCCS(N)(=O)=O)c1. The fourth-order valence-corrected chi connectivity index (χ4v) is 3.38. The third kappa shape index (κ3) is 4.45. The first-order chi connectivity index (χ1) is 10.4. The third-order valence-electron chi connectivity index (χ3n) is 3.87. The highest BCUT2D eigenvalue weighted by atomic mass is 32.2. The van der Waals surface area contributed by atoms with Gasteiger partial charge in [0.2, 0.25) is 15.9 Å². The van der Waals surface area contributed by atoms with Gasteiger partial charge in [-0.15, -0.1) is 0 Å². The third-order valence-corrected chi connectivity index (χ3v) is 4.73. The van der Waals surface area contributed by atoms with Gasteiger partial charge in [-0.2, -0.15) is 0 Å². The van der Waals surface area contributed by atoms with E-state index in [-0.39, 0.29) is 30.5 Å². The Hall–Kier alpha value is -1.60. The highest BCUT2D eigenvalue weighted by Crippen LogP contribution is 2.33. The number of benzene rings is 1. The van der Waals surface area contributed by atoms with Crippen LogP contribution in [0, 0.1) is 0 Å². The number of methoxy groups -OCH3 is 1. The molecule has 22 heavy (non-hydrogen) atoms. The molecule has 1 saturated heterocycles. The number of likely N-dealkylation sites (tertiary alicyclic amines) is 1. The van der Waals surface area contributed by atoms with Crippen molar-refractivity contribution >= 4 is 15.9 Å². The Balaban J connectivity index is 2.02. The topological polar surface area (TPSA) is 89.7 Å². The highest BCUT2D eigenvalue weighted by molar-refractivity contribution is 7.89. The van der Waals surface area contributed by atoms with Crippen molar-refractivity contribution in [3.05, 3.63) is 29.8 Å². The summed E-state index contributed by atoms with van der Waals surface area (Å²) < 4.78 is 27.1. The molecule has 1 fully saturated rings. The van der Waals surface area contributed by atoms with Gasteiger partial charge in [0.15, 0.2) is 0 Å². The standard InChI is InChI=1S/C15H22N2O4S/c1-21-13-6-2-5-12(11-13)14-7-3-9-17(14)15(18)8-4-10-22(16,19)20/h2,5-6,11,14H,3-4,7-10H2,1H3,(H2,16,19,20)/t14-/m0/s1. The molecule has 7 heteroatoms. The predicted molar refractivity (Wildman–Crippen MR) is 83.9 cm³/mol. The van der Waals surface area contributed by atoms with E-state index < -0.39 is 10.0 Å². The molecule has 0 saturated carbocycles. The van der Waals surface area contributed by atoms with Crippen LogP contribution in [0.1, 0.15) is 37.3 Å². The number of carbonyl (C=O) groups excluding carboxylic acids is 1. The van der Waals surface area contributed by atoms with Gasteiger partial charge in [0, 0.05) is 13.0 Å². The van der Waals surface area contributed by atoms with E-state index in [1.807, 2.05) is 29.2 Å². The van der Waals surface area contributed by atoms with E-state index in [1.54, 1.807) is 7.11 Å². The number of carbonyl (C=O) groups is 1. The molecule has 0 bridgehead atoms. The van der Waals surface area contributed by atoms with Gasteiger partial charge in [-0.3, -0.25) is 4.79 Å². The summed E-state index contributed by atoms with van der Waals surface area (Å²) in [5.74, 6) is 0.594. The number of ether oxygens (including phenoxy) is 1. The lowest BCUT2D eigenvalue weighted by atomic mass is 10.0. The second kappa shape index (κ2) is 7.11. The summed E-state index contributed by atoms with van der Waals surface area (Å²) >= 11 is 0. The van der Waals surface area contributed by atoms with E-state index in [0.29, 0.717) is 6.54 Å². The van der Waals surface area contributed by atoms with Crippen molar-refractivity contribution in [1.82, 2.24) is 4.90 Å².